The van der Waals surface area contributed by atoms with E-state index in [4.69, 9.17) is 14.7 Å². The topological polar surface area (TPSA) is 66.0 Å². The van der Waals surface area contributed by atoms with Crippen LogP contribution in [0.1, 0.15) is 16.7 Å². The zero-order valence-electron chi connectivity index (χ0n) is 10.8. The van der Waals surface area contributed by atoms with Crippen molar-refractivity contribution in [1.82, 2.24) is 0 Å². The van der Waals surface area contributed by atoms with Crippen molar-refractivity contribution in [3.8, 4) is 34.8 Å². The molecule has 1 heterocycles. The maximum absolute atomic E-state index is 9.30. The van der Waals surface area contributed by atoms with E-state index >= 15 is 0 Å². The van der Waals surface area contributed by atoms with Gasteiger partial charge in [0.05, 0.1) is 23.3 Å². The number of hydrogen-bond donors (Lipinski definition) is 0. The number of nitrogens with zero attached hydrogens (tertiary/aromatic N) is 2. The van der Waals surface area contributed by atoms with Crippen LogP contribution in [0.3, 0.4) is 0 Å². The van der Waals surface area contributed by atoms with Crippen LogP contribution in [-0.2, 0) is 0 Å². The van der Waals surface area contributed by atoms with Gasteiger partial charge in [0.25, 0.3) is 0 Å². The zero-order valence-corrected chi connectivity index (χ0v) is 10.8. The molecule has 0 amide bonds. The highest BCUT2D eigenvalue weighted by Crippen LogP contribution is 2.38. The lowest BCUT2D eigenvalue weighted by molar-refractivity contribution is 0.174. The Kier molecular flexibility index (Phi) is 2.78. The van der Waals surface area contributed by atoms with Crippen LogP contribution in [0.5, 0.6) is 11.5 Å². The smallest absolute Gasteiger partial charge is 0.231 e. The molecule has 0 bridgehead atoms. The summed E-state index contributed by atoms with van der Waals surface area (Å²) in [6, 6.07) is 13.2. The minimum absolute atomic E-state index is 0.218. The van der Waals surface area contributed by atoms with Gasteiger partial charge in [0.1, 0.15) is 0 Å². The summed E-state index contributed by atoms with van der Waals surface area (Å²) in [6.45, 7) is 2.11. The molecule has 2 aromatic carbocycles. The SMILES string of the molecule is Cc1cc(C#N)cc(C#N)c1-c1ccc2c(c1)OCO2. The Morgan fingerprint density at radius 2 is 1.80 bits per heavy atom. The molecule has 3 rings (SSSR count). The molecular weight excluding hydrogens is 252 g/mol. The van der Waals surface area contributed by atoms with Gasteiger partial charge < -0.3 is 9.47 Å². The predicted octanol–water partition coefficient (Wildman–Crippen LogP) is 3.13. The Bertz CT molecular complexity index is 782. The van der Waals surface area contributed by atoms with E-state index in [1.165, 1.54) is 0 Å². The minimum Gasteiger partial charge on any atom is -0.454 e. The molecule has 0 atom stereocenters. The van der Waals surface area contributed by atoms with E-state index in [1.54, 1.807) is 12.1 Å². The fraction of sp³-hybridized carbons (Fsp3) is 0.125. The van der Waals surface area contributed by atoms with Crippen molar-refractivity contribution in [3.05, 3.63) is 47.0 Å². The first-order valence-corrected chi connectivity index (χ1v) is 6.08. The lowest BCUT2D eigenvalue weighted by Gasteiger charge is -2.10. The molecule has 0 aliphatic carbocycles. The lowest BCUT2D eigenvalue weighted by Crippen LogP contribution is -1.93. The number of ether oxygens (including phenoxy) is 2. The van der Waals surface area contributed by atoms with Crippen molar-refractivity contribution >= 4 is 0 Å². The number of nitriles is 2. The van der Waals surface area contributed by atoms with Gasteiger partial charge in [-0.25, -0.2) is 0 Å². The van der Waals surface area contributed by atoms with Crippen molar-refractivity contribution in [2.24, 2.45) is 0 Å². The number of rotatable bonds is 1. The van der Waals surface area contributed by atoms with Crippen molar-refractivity contribution in [2.75, 3.05) is 6.79 Å². The average molecular weight is 262 g/mol. The van der Waals surface area contributed by atoms with Crippen molar-refractivity contribution < 1.29 is 9.47 Å². The summed E-state index contributed by atoms with van der Waals surface area (Å²) in [4.78, 5) is 0. The van der Waals surface area contributed by atoms with Gasteiger partial charge in [-0.1, -0.05) is 6.07 Å². The van der Waals surface area contributed by atoms with Gasteiger partial charge in [0.15, 0.2) is 11.5 Å². The van der Waals surface area contributed by atoms with Crippen molar-refractivity contribution in [1.29, 1.82) is 10.5 Å². The van der Waals surface area contributed by atoms with Gasteiger partial charge in [-0.2, -0.15) is 10.5 Å². The van der Waals surface area contributed by atoms with Crippen LogP contribution >= 0.6 is 0 Å². The molecule has 20 heavy (non-hydrogen) atoms. The fourth-order valence-corrected chi connectivity index (χ4v) is 2.38. The van der Waals surface area contributed by atoms with E-state index < -0.39 is 0 Å². The van der Waals surface area contributed by atoms with Crippen LogP contribution in [0.4, 0.5) is 0 Å². The van der Waals surface area contributed by atoms with Gasteiger partial charge in [-0.05, 0) is 42.3 Å². The van der Waals surface area contributed by atoms with Crippen LogP contribution in [-0.4, -0.2) is 6.79 Å². The van der Waals surface area contributed by atoms with E-state index in [2.05, 4.69) is 12.1 Å². The summed E-state index contributed by atoms with van der Waals surface area (Å²) < 4.78 is 10.6. The fourth-order valence-electron chi connectivity index (χ4n) is 2.38. The monoisotopic (exact) mass is 262 g/mol. The quantitative estimate of drug-likeness (QED) is 0.791. The van der Waals surface area contributed by atoms with Crippen LogP contribution in [0.25, 0.3) is 11.1 Å². The predicted molar refractivity (Wildman–Crippen MR) is 72.2 cm³/mol. The maximum Gasteiger partial charge on any atom is 0.231 e. The highest BCUT2D eigenvalue weighted by Gasteiger charge is 2.17. The van der Waals surface area contributed by atoms with Crippen LogP contribution in [0.2, 0.25) is 0 Å². The third kappa shape index (κ3) is 1.84. The summed E-state index contributed by atoms with van der Waals surface area (Å²) in [5, 5.41) is 18.3. The number of benzene rings is 2. The van der Waals surface area contributed by atoms with Crippen LogP contribution < -0.4 is 9.47 Å². The van der Waals surface area contributed by atoms with E-state index in [-0.39, 0.29) is 6.79 Å². The second-order valence-corrected chi connectivity index (χ2v) is 4.51. The highest BCUT2D eigenvalue weighted by molar-refractivity contribution is 5.76. The van der Waals surface area contributed by atoms with E-state index in [0.29, 0.717) is 22.6 Å². The standard InChI is InChI=1S/C16H10N2O2/c1-10-4-11(7-17)5-13(8-18)16(10)12-2-3-14-15(6-12)20-9-19-14/h2-6H,9H2,1H3. The molecule has 1 aliphatic heterocycles. The summed E-state index contributed by atoms with van der Waals surface area (Å²) >= 11 is 0. The Morgan fingerprint density at radius 1 is 1.00 bits per heavy atom. The highest BCUT2D eigenvalue weighted by atomic mass is 16.7. The molecule has 0 N–H and O–H groups in total. The van der Waals surface area contributed by atoms with Gasteiger partial charge in [0, 0.05) is 5.56 Å². The molecule has 0 radical (unpaired) electrons. The van der Waals surface area contributed by atoms with Gasteiger partial charge in [-0.15, -0.1) is 0 Å². The molecule has 0 saturated heterocycles. The first-order chi connectivity index (χ1) is 9.72. The van der Waals surface area contributed by atoms with Crippen LogP contribution in [0.15, 0.2) is 30.3 Å². The van der Waals surface area contributed by atoms with Gasteiger partial charge in [0.2, 0.25) is 6.79 Å². The molecule has 1 aliphatic rings. The largest absolute Gasteiger partial charge is 0.454 e. The summed E-state index contributed by atoms with van der Waals surface area (Å²) in [5.41, 5.74) is 3.57. The third-order valence-electron chi connectivity index (χ3n) is 3.25. The second-order valence-electron chi connectivity index (χ2n) is 4.51. The zero-order chi connectivity index (χ0) is 14.1. The molecule has 0 saturated carbocycles. The summed E-state index contributed by atoms with van der Waals surface area (Å²) in [5.74, 6) is 1.38. The van der Waals surface area contributed by atoms with E-state index in [1.807, 2.05) is 25.1 Å². The molecule has 2 aromatic rings. The van der Waals surface area contributed by atoms with Gasteiger partial charge in [-0.3, -0.25) is 0 Å². The molecule has 0 spiro atoms. The van der Waals surface area contributed by atoms with E-state index in [9.17, 15) is 5.26 Å². The third-order valence-corrected chi connectivity index (χ3v) is 3.25. The van der Waals surface area contributed by atoms with Gasteiger partial charge >= 0.3 is 0 Å². The Morgan fingerprint density at radius 3 is 2.55 bits per heavy atom. The Labute approximate surface area is 116 Å². The number of hydrogen-bond acceptors (Lipinski definition) is 4. The Balaban J connectivity index is 2.20. The minimum atomic E-state index is 0.218. The molecule has 4 heteroatoms. The maximum atomic E-state index is 9.30. The van der Waals surface area contributed by atoms with Crippen molar-refractivity contribution in [2.45, 2.75) is 6.92 Å². The molecular formula is C16H10N2O2. The molecule has 0 fully saturated rings. The first kappa shape index (κ1) is 12.1. The number of fused-ring (bicyclic) bond motifs is 1. The van der Waals surface area contributed by atoms with E-state index in [0.717, 1.165) is 16.7 Å². The molecule has 0 unspecified atom stereocenters. The van der Waals surface area contributed by atoms with Crippen molar-refractivity contribution in [3.63, 3.8) is 0 Å². The Hall–Kier alpha value is -2.98. The molecule has 96 valence electrons. The second kappa shape index (κ2) is 4.60. The molecule has 0 aromatic heterocycles. The summed E-state index contributed by atoms with van der Waals surface area (Å²) in [7, 11) is 0. The lowest BCUT2D eigenvalue weighted by atomic mass is 9.93. The first-order valence-electron chi connectivity index (χ1n) is 6.08. The summed E-state index contributed by atoms with van der Waals surface area (Å²) in [6.07, 6.45) is 0. The number of aryl methyl sites for hydroxylation is 1. The molecule has 4 nitrogen and oxygen atoms in total. The normalized spacial score (nSPS) is 11.8. The average Bonchev–Trinajstić information content (AvgIpc) is 2.93. The van der Waals surface area contributed by atoms with Crippen LogP contribution in [0, 0.1) is 29.6 Å².